The smallest absolute Gasteiger partial charge is 0.410 e. The van der Waals surface area contributed by atoms with Crippen molar-refractivity contribution in [3.05, 3.63) is 16.1 Å². The Labute approximate surface area is 138 Å². The van der Waals surface area contributed by atoms with Gasteiger partial charge in [-0.05, 0) is 47.1 Å². The van der Waals surface area contributed by atoms with Crippen molar-refractivity contribution in [3.63, 3.8) is 0 Å². The first-order chi connectivity index (χ1) is 10.1. The van der Waals surface area contributed by atoms with Crippen molar-refractivity contribution in [1.29, 1.82) is 0 Å². The molecule has 0 aliphatic heterocycles. The third-order valence-corrected chi connectivity index (χ3v) is 4.35. The van der Waals surface area contributed by atoms with Crippen LogP contribution in [0.4, 0.5) is 4.79 Å². The lowest BCUT2D eigenvalue weighted by Crippen LogP contribution is -2.38. The number of nitrogens with one attached hydrogen (secondary N) is 1. The molecule has 0 bridgehead atoms. The van der Waals surface area contributed by atoms with Crippen LogP contribution >= 0.6 is 11.3 Å². The van der Waals surface area contributed by atoms with Gasteiger partial charge in [0, 0.05) is 24.5 Å². The van der Waals surface area contributed by atoms with Crippen molar-refractivity contribution in [2.45, 2.75) is 53.2 Å². The summed E-state index contributed by atoms with van der Waals surface area (Å²) < 4.78 is 5.36. The SMILES string of the molecule is Cc1ncsc1C(C)NCC(C)CN(C)C(=O)OC(C)(C)C. The highest BCUT2D eigenvalue weighted by molar-refractivity contribution is 7.09. The highest BCUT2D eigenvalue weighted by Crippen LogP contribution is 2.21. The second-order valence-corrected chi connectivity index (χ2v) is 7.78. The first-order valence-electron chi connectivity index (χ1n) is 7.67. The van der Waals surface area contributed by atoms with E-state index in [0.717, 1.165) is 12.2 Å². The second-order valence-electron chi connectivity index (χ2n) is 6.90. The summed E-state index contributed by atoms with van der Waals surface area (Å²) in [4.78, 5) is 19.1. The lowest BCUT2D eigenvalue weighted by atomic mass is 10.1. The van der Waals surface area contributed by atoms with Gasteiger partial charge in [-0.2, -0.15) is 0 Å². The van der Waals surface area contributed by atoms with Gasteiger partial charge in [0.2, 0.25) is 0 Å². The van der Waals surface area contributed by atoms with E-state index in [1.165, 1.54) is 4.88 Å². The first kappa shape index (κ1) is 18.9. The summed E-state index contributed by atoms with van der Waals surface area (Å²) in [6.07, 6.45) is -0.273. The summed E-state index contributed by atoms with van der Waals surface area (Å²) in [5.74, 6) is 0.341. The molecule has 0 fully saturated rings. The summed E-state index contributed by atoms with van der Waals surface area (Å²) in [6, 6.07) is 0.279. The average Bonchev–Trinajstić information content (AvgIpc) is 2.80. The van der Waals surface area contributed by atoms with E-state index in [2.05, 4.69) is 24.1 Å². The van der Waals surface area contributed by atoms with Crippen LogP contribution in [0.25, 0.3) is 0 Å². The molecule has 1 aromatic rings. The van der Waals surface area contributed by atoms with Crippen LogP contribution < -0.4 is 5.32 Å². The van der Waals surface area contributed by atoms with Gasteiger partial charge in [0.1, 0.15) is 5.60 Å². The van der Waals surface area contributed by atoms with Gasteiger partial charge in [0.05, 0.1) is 11.2 Å². The predicted molar refractivity (Wildman–Crippen MR) is 91.3 cm³/mol. The van der Waals surface area contributed by atoms with Gasteiger partial charge in [-0.15, -0.1) is 11.3 Å². The van der Waals surface area contributed by atoms with Crippen LogP contribution in [0, 0.1) is 12.8 Å². The maximum Gasteiger partial charge on any atom is 0.410 e. The number of aryl methyl sites for hydroxylation is 1. The molecule has 0 saturated carbocycles. The Bertz CT molecular complexity index is 482. The number of hydrogen-bond acceptors (Lipinski definition) is 5. The molecule has 1 N–H and O–H groups in total. The third kappa shape index (κ3) is 6.32. The Morgan fingerprint density at radius 2 is 2.09 bits per heavy atom. The Morgan fingerprint density at radius 3 is 2.59 bits per heavy atom. The standard InChI is InChI=1S/C16H29N3O2S/c1-11(9-19(7)15(20)21-16(4,5)6)8-17-12(2)14-13(3)18-10-22-14/h10-12,17H,8-9H2,1-7H3. The lowest BCUT2D eigenvalue weighted by Gasteiger charge is -2.27. The summed E-state index contributed by atoms with van der Waals surface area (Å²) in [5, 5.41) is 3.51. The number of hydrogen-bond donors (Lipinski definition) is 1. The molecule has 6 heteroatoms. The number of carbonyl (C=O) groups is 1. The fourth-order valence-electron chi connectivity index (χ4n) is 2.14. The number of amides is 1. The molecule has 1 rings (SSSR count). The molecule has 0 radical (unpaired) electrons. The topological polar surface area (TPSA) is 54.5 Å². The maximum absolute atomic E-state index is 11.9. The van der Waals surface area contributed by atoms with Gasteiger partial charge in [0.15, 0.2) is 0 Å². The average molecular weight is 327 g/mol. The molecule has 1 heterocycles. The highest BCUT2D eigenvalue weighted by atomic mass is 32.1. The molecular formula is C16H29N3O2S. The van der Waals surface area contributed by atoms with Crippen LogP contribution in [0.15, 0.2) is 5.51 Å². The minimum Gasteiger partial charge on any atom is -0.444 e. The van der Waals surface area contributed by atoms with Crippen molar-refractivity contribution in [3.8, 4) is 0 Å². The van der Waals surface area contributed by atoms with E-state index in [1.807, 2.05) is 33.2 Å². The minimum atomic E-state index is -0.453. The number of carbonyl (C=O) groups excluding carboxylic acids is 1. The zero-order valence-electron chi connectivity index (χ0n) is 14.8. The highest BCUT2D eigenvalue weighted by Gasteiger charge is 2.21. The van der Waals surface area contributed by atoms with E-state index in [1.54, 1.807) is 23.3 Å². The fourth-order valence-corrected chi connectivity index (χ4v) is 2.98. The largest absolute Gasteiger partial charge is 0.444 e. The number of rotatable bonds is 6. The van der Waals surface area contributed by atoms with E-state index in [-0.39, 0.29) is 12.1 Å². The van der Waals surface area contributed by atoms with Crippen molar-refractivity contribution in [1.82, 2.24) is 15.2 Å². The van der Waals surface area contributed by atoms with Crippen LogP contribution in [-0.2, 0) is 4.74 Å². The summed E-state index contributed by atoms with van der Waals surface area (Å²) >= 11 is 1.68. The van der Waals surface area contributed by atoms with Crippen LogP contribution in [0.3, 0.4) is 0 Å². The Morgan fingerprint density at radius 1 is 1.45 bits per heavy atom. The number of aromatic nitrogens is 1. The molecule has 1 aromatic heterocycles. The summed E-state index contributed by atoms with van der Waals surface area (Å²) in [7, 11) is 1.78. The van der Waals surface area contributed by atoms with E-state index < -0.39 is 5.60 Å². The molecule has 5 nitrogen and oxygen atoms in total. The molecule has 0 aliphatic rings. The third-order valence-electron chi connectivity index (χ3n) is 3.24. The van der Waals surface area contributed by atoms with Gasteiger partial charge in [-0.1, -0.05) is 6.92 Å². The molecule has 0 aliphatic carbocycles. The molecule has 2 atom stereocenters. The Balaban J connectivity index is 2.38. The summed E-state index contributed by atoms with van der Waals surface area (Å²) in [5.41, 5.74) is 2.51. The van der Waals surface area contributed by atoms with E-state index in [0.29, 0.717) is 12.5 Å². The molecule has 1 amide bonds. The first-order valence-corrected chi connectivity index (χ1v) is 8.55. The minimum absolute atomic E-state index is 0.273. The predicted octanol–water partition coefficient (Wildman–Crippen LogP) is 3.61. The maximum atomic E-state index is 11.9. The van der Waals surface area contributed by atoms with Gasteiger partial charge < -0.3 is 15.0 Å². The van der Waals surface area contributed by atoms with Crippen molar-refractivity contribution < 1.29 is 9.53 Å². The quantitative estimate of drug-likeness (QED) is 0.867. The van der Waals surface area contributed by atoms with Gasteiger partial charge in [0.25, 0.3) is 0 Å². The second kappa shape index (κ2) is 7.92. The summed E-state index contributed by atoms with van der Waals surface area (Å²) in [6.45, 7) is 13.4. The van der Waals surface area contributed by atoms with Gasteiger partial charge in [-0.3, -0.25) is 0 Å². The van der Waals surface area contributed by atoms with Crippen molar-refractivity contribution >= 4 is 17.4 Å². The van der Waals surface area contributed by atoms with Gasteiger partial charge in [-0.25, -0.2) is 9.78 Å². The van der Waals surface area contributed by atoms with Crippen LogP contribution in [-0.4, -0.2) is 41.7 Å². The number of nitrogens with zero attached hydrogens (tertiary/aromatic N) is 2. The molecule has 22 heavy (non-hydrogen) atoms. The van der Waals surface area contributed by atoms with Gasteiger partial charge >= 0.3 is 6.09 Å². The van der Waals surface area contributed by atoms with Crippen molar-refractivity contribution in [2.24, 2.45) is 5.92 Å². The monoisotopic (exact) mass is 327 g/mol. The van der Waals surface area contributed by atoms with Crippen LogP contribution in [0.2, 0.25) is 0 Å². The Hall–Kier alpha value is -1.14. The fraction of sp³-hybridized carbons (Fsp3) is 0.750. The van der Waals surface area contributed by atoms with Crippen LogP contribution in [0.5, 0.6) is 0 Å². The van der Waals surface area contributed by atoms with E-state index in [4.69, 9.17) is 4.74 Å². The molecular weight excluding hydrogens is 298 g/mol. The number of thiazole rings is 1. The lowest BCUT2D eigenvalue weighted by molar-refractivity contribution is 0.0276. The molecule has 2 unspecified atom stereocenters. The normalized spacial score (nSPS) is 14.5. The van der Waals surface area contributed by atoms with Crippen LogP contribution in [0.1, 0.15) is 51.2 Å². The molecule has 0 aromatic carbocycles. The number of ether oxygens (including phenoxy) is 1. The molecule has 126 valence electrons. The zero-order chi connectivity index (χ0) is 16.9. The van der Waals surface area contributed by atoms with E-state index in [9.17, 15) is 4.79 Å². The molecule has 0 spiro atoms. The molecule has 0 saturated heterocycles. The van der Waals surface area contributed by atoms with E-state index >= 15 is 0 Å². The zero-order valence-corrected chi connectivity index (χ0v) is 15.6. The Kier molecular flexibility index (Phi) is 6.81. The van der Waals surface area contributed by atoms with Crippen molar-refractivity contribution in [2.75, 3.05) is 20.1 Å².